The van der Waals surface area contributed by atoms with E-state index in [4.69, 9.17) is 18.9 Å². The van der Waals surface area contributed by atoms with E-state index in [1.807, 2.05) is 0 Å². The van der Waals surface area contributed by atoms with Gasteiger partial charge in [-0.15, -0.1) is 0 Å². The van der Waals surface area contributed by atoms with Crippen molar-refractivity contribution in [3.63, 3.8) is 0 Å². The van der Waals surface area contributed by atoms with Crippen LogP contribution >= 0.6 is 0 Å². The molecule has 1 N–H and O–H groups in total. The zero-order chi connectivity index (χ0) is 20.1. The molecule has 0 spiro atoms. The van der Waals surface area contributed by atoms with Gasteiger partial charge in [-0.3, -0.25) is 4.79 Å². The highest BCUT2D eigenvalue weighted by Crippen LogP contribution is 2.31. The molecule has 8 nitrogen and oxygen atoms in total. The van der Waals surface area contributed by atoms with Gasteiger partial charge in [-0.2, -0.15) is 0 Å². The summed E-state index contributed by atoms with van der Waals surface area (Å²) in [6.07, 6.45) is 0. The van der Waals surface area contributed by atoms with Crippen molar-refractivity contribution in [1.82, 2.24) is 4.98 Å². The number of H-pyrrole nitrogens is 1. The van der Waals surface area contributed by atoms with Gasteiger partial charge in [-0.25, -0.2) is 9.59 Å². The Bertz CT molecular complexity index is 882. The van der Waals surface area contributed by atoms with Crippen LogP contribution in [0.15, 0.2) is 18.2 Å². The van der Waals surface area contributed by atoms with Crippen LogP contribution in [0.4, 0.5) is 0 Å². The van der Waals surface area contributed by atoms with Crippen LogP contribution < -0.4 is 9.47 Å². The maximum atomic E-state index is 12.4. The van der Waals surface area contributed by atoms with Crippen molar-refractivity contribution in [2.75, 3.05) is 27.9 Å². The van der Waals surface area contributed by atoms with Crippen molar-refractivity contribution < 1.29 is 33.3 Å². The summed E-state index contributed by atoms with van der Waals surface area (Å²) in [4.78, 5) is 39.4. The van der Waals surface area contributed by atoms with E-state index in [1.165, 1.54) is 27.4 Å². The second-order valence-electron chi connectivity index (χ2n) is 5.66. The lowest BCUT2D eigenvalue weighted by Gasteiger charge is -2.11. The van der Waals surface area contributed by atoms with E-state index >= 15 is 0 Å². The predicted molar refractivity (Wildman–Crippen MR) is 95.8 cm³/mol. The highest BCUT2D eigenvalue weighted by atomic mass is 16.5. The van der Waals surface area contributed by atoms with Crippen LogP contribution in [0.25, 0.3) is 0 Å². The summed E-state index contributed by atoms with van der Waals surface area (Å²) >= 11 is 0. The third kappa shape index (κ3) is 3.94. The molecule has 0 bridgehead atoms. The fourth-order valence-corrected chi connectivity index (χ4v) is 2.77. The molecule has 144 valence electrons. The third-order valence-electron chi connectivity index (χ3n) is 4.06. The van der Waals surface area contributed by atoms with E-state index in [0.29, 0.717) is 22.6 Å². The third-order valence-corrected chi connectivity index (χ3v) is 4.06. The Labute approximate surface area is 156 Å². The Balaban J connectivity index is 2.17. The van der Waals surface area contributed by atoms with Crippen LogP contribution in [-0.4, -0.2) is 50.6 Å². The Kier molecular flexibility index (Phi) is 6.23. The second kappa shape index (κ2) is 8.39. The van der Waals surface area contributed by atoms with Crippen molar-refractivity contribution in [3.8, 4) is 11.5 Å². The number of hydrogen-bond donors (Lipinski definition) is 1. The first-order chi connectivity index (χ1) is 12.8. The van der Waals surface area contributed by atoms with Gasteiger partial charge in [0.2, 0.25) is 5.78 Å². The van der Waals surface area contributed by atoms with Gasteiger partial charge in [0.05, 0.1) is 32.6 Å². The number of hydrogen-bond acceptors (Lipinski definition) is 7. The van der Waals surface area contributed by atoms with E-state index in [1.54, 1.807) is 26.0 Å². The molecular weight excluding hydrogens is 354 g/mol. The van der Waals surface area contributed by atoms with Crippen molar-refractivity contribution in [1.29, 1.82) is 0 Å². The molecule has 1 heterocycles. The van der Waals surface area contributed by atoms with Crippen LogP contribution in [-0.2, 0) is 9.47 Å². The number of nitrogens with one attached hydrogen (secondary N) is 1. The highest BCUT2D eigenvalue weighted by molar-refractivity contribution is 6.03. The van der Waals surface area contributed by atoms with Crippen LogP contribution in [0.5, 0.6) is 11.5 Å². The second-order valence-corrected chi connectivity index (χ2v) is 5.66. The summed E-state index contributed by atoms with van der Waals surface area (Å²) in [6, 6.07) is 4.76. The molecule has 8 heteroatoms. The normalized spacial score (nSPS) is 10.3. The minimum atomic E-state index is -0.728. The summed E-state index contributed by atoms with van der Waals surface area (Å²) < 4.78 is 20.2. The van der Waals surface area contributed by atoms with Gasteiger partial charge in [0.1, 0.15) is 5.56 Å². The number of para-hydroxylation sites is 1. The van der Waals surface area contributed by atoms with Crippen molar-refractivity contribution in [2.24, 2.45) is 0 Å². The molecule has 2 rings (SSSR count). The van der Waals surface area contributed by atoms with Gasteiger partial charge in [0.25, 0.3) is 0 Å². The summed E-state index contributed by atoms with van der Waals surface area (Å²) in [6.45, 7) is 2.78. The van der Waals surface area contributed by atoms with Gasteiger partial charge < -0.3 is 23.9 Å². The van der Waals surface area contributed by atoms with E-state index in [-0.39, 0.29) is 17.0 Å². The number of aromatic amines is 1. The Hall–Kier alpha value is -3.29. The first kappa shape index (κ1) is 20.0. The number of aryl methyl sites for hydroxylation is 1. The predicted octanol–water partition coefficient (Wildman–Crippen LogP) is 2.48. The minimum absolute atomic E-state index is 0.138. The average Bonchev–Trinajstić information content (AvgIpc) is 2.98. The monoisotopic (exact) mass is 375 g/mol. The Morgan fingerprint density at radius 3 is 2.30 bits per heavy atom. The number of esters is 2. The van der Waals surface area contributed by atoms with Gasteiger partial charge >= 0.3 is 11.9 Å². The van der Waals surface area contributed by atoms with Crippen molar-refractivity contribution in [2.45, 2.75) is 13.8 Å². The first-order valence-electron chi connectivity index (χ1n) is 8.04. The molecular formula is C19H21NO7. The SMILES string of the molecule is COC(=O)c1c(C)[nH]c(C(=O)COC(=O)c2cccc(OC)c2OC)c1C. The summed E-state index contributed by atoms with van der Waals surface area (Å²) in [5.74, 6) is -1.15. The van der Waals surface area contributed by atoms with Crippen molar-refractivity contribution >= 4 is 17.7 Å². The lowest BCUT2D eigenvalue weighted by atomic mass is 10.1. The molecule has 0 radical (unpaired) electrons. The summed E-state index contributed by atoms with van der Waals surface area (Å²) in [5, 5.41) is 0. The Morgan fingerprint density at radius 2 is 1.70 bits per heavy atom. The van der Waals surface area contributed by atoms with Gasteiger partial charge in [-0.05, 0) is 31.5 Å². The molecule has 0 aliphatic carbocycles. The maximum Gasteiger partial charge on any atom is 0.342 e. The lowest BCUT2D eigenvalue weighted by molar-refractivity contribution is 0.0469. The van der Waals surface area contributed by atoms with E-state index < -0.39 is 24.3 Å². The number of aromatic nitrogens is 1. The molecule has 0 amide bonds. The van der Waals surface area contributed by atoms with Crippen LogP contribution in [0.2, 0.25) is 0 Å². The fourth-order valence-electron chi connectivity index (χ4n) is 2.77. The average molecular weight is 375 g/mol. The molecule has 0 fully saturated rings. The molecule has 0 aliphatic heterocycles. The molecule has 0 aliphatic rings. The molecule has 0 atom stereocenters. The van der Waals surface area contributed by atoms with Gasteiger partial charge in [-0.1, -0.05) is 6.07 Å². The number of rotatable bonds is 7. The lowest BCUT2D eigenvalue weighted by Crippen LogP contribution is -2.16. The standard InChI is InChI=1S/C19H21NO7/c1-10-15(19(23)26-5)11(2)20-16(10)13(21)9-27-18(22)12-7-6-8-14(24-3)17(12)25-4/h6-8,20H,9H2,1-5H3. The van der Waals surface area contributed by atoms with E-state index in [2.05, 4.69) is 4.98 Å². The molecule has 2 aromatic rings. The zero-order valence-corrected chi connectivity index (χ0v) is 15.8. The smallest absolute Gasteiger partial charge is 0.342 e. The summed E-state index contributed by atoms with van der Waals surface area (Å²) in [5.41, 5.74) is 1.57. The molecule has 0 saturated heterocycles. The molecule has 1 aromatic carbocycles. The number of carbonyl (C=O) groups excluding carboxylic acids is 3. The number of carbonyl (C=O) groups is 3. The topological polar surface area (TPSA) is 104 Å². The number of ether oxygens (including phenoxy) is 4. The molecule has 0 unspecified atom stereocenters. The minimum Gasteiger partial charge on any atom is -0.493 e. The molecule has 27 heavy (non-hydrogen) atoms. The number of Topliss-reactive ketones (excluding diaryl/α,β-unsaturated/α-hetero) is 1. The number of ketones is 1. The number of benzene rings is 1. The Morgan fingerprint density at radius 1 is 1.00 bits per heavy atom. The van der Waals surface area contributed by atoms with Gasteiger partial charge in [0.15, 0.2) is 18.1 Å². The van der Waals surface area contributed by atoms with Crippen LogP contribution in [0.1, 0.15) is 42.5 Å². The summed E-state index contributed by atoms with van der Waals surface area (Å²) in [7, 11) is 4.12. The van der Waals surface area contributed by atoms with Crippen molar-refractivity contribution in [3.05, 3.63) is 46.3 Å². The first-order valence-corrected chi connectivity index (χ1v) is 8.04. The molecule has 0 saturated carbocycles. The van der Waals surface area contributed by atoms with E-state index in [0.717, 1.165) is 0 Å². The van der Waals surface area contributed by atoms with Crippen LogP contribution in [0.3, 0.4) is 0 Å². The fraction of sp³-hybridized carbons (Fsp3) is 0.316. The number of methoxy groups -OCH3 is 3. The zero-order valence-electron chi connectivity index (χ0n) is 15.8. The van der Waals surface area contributed by atoms with Gasteiger partial charge in [0, 0.05) is 5.69 Å². The van der Waals surface area contributed by atoms with Crippen LogP contribution in [0, 0.1) is 13.8 Å². The maximum absolute atomic E-state index is 12.4. The highest BCUT2D eigenvalue weighted by Gasteiger charge is 2.24. The largest absolute Gasteiger partial charge is 0.493 e. The van der Waals surface area contributed by atoms with E-state index in [9.17, 15) is 14.4 Å². The quantitative estimate of drug-likeness (QED) is 0.585. The molecule has 1 aromatic heterocycles.